The molecule has 3 aromatic rings. The first-order valence-electron chi connectivity index (χ1n) is 7.39. The maximum absolute atomic E-state index is 6.73. The highest BCUT2D eigenvalue weighted by Crippen LogP contribution is 2.37. The van der Waals surface area contributed by atoms with Gasteiger partial charge in [-0.2, -0.15) is 0 Å². The van der Waals surface area contributed by atoms with E-state index in [-0.39, 0.29) is 5.38 Å². The van der Waals surface area contributed by atoms with E-state index in [4.69, 9.17) is 11.6 Å². The minimum Gasteiger partial charge on any atom is -0.259 e. The maximum atomic E-state index is 6.73. The summed E-state index contributed by atoms with van der Waals surface area (Å²) in [6.45, 7) is 4.28. The predicted octanol–water partition coefficient (Wildman–Crippen LogP) is 5.69. The van der Waals surface area contributed by atoms with Crippen LogP contribution in [0.5, 0.6) is 0 Å². The third-order valence-corrected chi connectivity index (χ3v) is 4.39. The SMILES string of the molecule is Cc1cccc(C)c1-c1ccccc1C(Cl)c1ccccn1. The van der Waals surface area contributed by atoms with Crippen molar-refractivity contribution in [3.8, 4) is 11.1 Å². The Morgan fingerprint density at radius 2 is 1.50 bits per heavy atom. The van der Waals surface area contributed by atoms with Gasteiger partial charge in [0.25, 0.3) is 0 Å². The van der Waals surface area contributed by atoms with Gasteiger partial charge in [-0.05, 0) is 53.8 Å². The van der Waals surface area contributed by atoms with Crippen molar-refractivity contribution < 1.29 is 0 Å². The molecule has 3 rings (SSSR count). The summed E-state index contributed by atoms with van der Waals surface area (Å²) in [5.74, 6) is 0. The molecular formula is C20H18ClN. The quantitative estimate of drug-likeness (QED) is 0.566. The van der Waals surface area contributed by atoms with Crippen LogP contribution in [0.4, 0.5) is 0 Å². The second-order valence-corrected chi connectivity index (χ2v) is 5.91. The Kier molecular flexibility index (Phi) is 4.26. The monoisotopic (exact) mass is 307 g/mol. The summed E-state index contributed by atoms with van der Waals surface area (Å²) in [7, 11) is 0. The topological polar surface area (TPSA) is 12.9 Å². The molecule has 1 atom stereocenters. The van der Waals surface area contributed by atoms with Gasteiger partial charge in [-0.15, -0.1) is 11.6 Å². The molecule has 0 N–H and O–H groups in total. The van der Waals surface area contributed by atoms with Crippen molar-refractivity contribution in [2.75, 3.05) is 0 Å². The first-order chi connectivity index (χ1) is 10.7. The summed E-state index contributed by atoms with van der Waals surface area (Å²) in [4.78, 5) is 4.40. The van der Waals surface area contributed by atoms with E-state index >= 15 is 0 Å². The second-order valence-electron chi connectivity index (χ2n) is 5.47. The Morgan fingerprint density at radius 1 is 0.818 bits per heavy atom. The average Bonchev–Trinajstić information content (AvgIpc) is 2.55. The van der Waals surface area contributed by atoms with Crippen molar-refractivity contribution in [2.24, 2.45) is 0 Å². The summed E-state index contributed by atoms with van der Waals surface area (Å²) in [5, 5.41) is -0.253. The van der Waals surface area contributed by atoms with E-state index in [1.54, 1.807) is 6.20 Å². The van der Waals surface area contributed by atoms with Crippen molar-refractivity contribution in [2.45, 2.75) is 19.2 Å². The fraction of sp³-hybridized carbons (Fsp3) is 0.150. The number of alkyl halides is 1. The molecule has 0 aliphatic heterocycles. The fourth-order valence-electron chi connectivity index (χ4n) is 2.87. The standard InChI is InChI=1S/C20H18ClN/c1-14-8-7-9-15(2)19(14)16-10-3-4-11-17(16)20(21)18-12-5-6-13-22-18/h3-13,20H,1-2H3. The molecule has 0 aliphatic carbocycles. The molecule has 0 fully saturated rings. The number of aryl methyl sites for hydroxylation is 2. The zero-order chi connectivity index (χ0) is 15.5. The molecule has 1 unspecified atom stereocenters. The highest BCUT2D eigenvalue weighted by Gasteiger charge is 2.18. The average molecular weight is 308 g/mol. The minimum absolute atomic E-state index is 0.253. The molecule has 0 spiro atoms. The highest BCUT2D eigenvalue weighted by atomic mass is 35.5. The maximum Gasteiger partial charge on any atom is 0.101 e. The number of rotatable bonds is 3. The van der Waals surface area contributed by atoms with Crippen LogP contribution in [0.1, 0.15) is 27.8 Å². The molecule has 2 aromatic carbocycles. The van der Waals surface area contributed by atoms with Gasteiger partial charge in [0.05, 0.1) is 5.69 Å². The second kappa shape index (κ2) is 6.33. The first kappa shape index (κ1) is 14.8. The number of pyridine rings is 1. The Balaban J connectivity index is 2.16. The van der Waals surface area contributed by atoms with Crippen molar-refractivity contribution in [3.05, 3.63) is 89.2 Å². The Bertz CT molecular complexity index is 760. The van der Waals surface area contributed by atoms with Crippen molar-refractivity contribution in [1.82, 2.24) is 4.98 Å². The molecule has 1 heterocycles. The van der Waals surface area contributed by atoms with E-state index in [1.165, 1.54) is 22.3 Å². The van der Waals surface area contributed by atoms with Gasteiger partial charge in [0.2, 0.25) is 0 Å². The van der Waals surface area contributed by atoms with Crippen LogP contribution in [-0.2, 0) is 0 Å². The third kappa shape index (κ3) is 2.77. The number of aromatic nitrogens is 1. The molecule has 0 bridgehead atoms. The molecule has 0 radical (unpaired) electrons. The highest BCUT2D eigenvalue weighted by molar-refractivity contribution is 6.23. The van der Waals surface area contributed by atoms with E-state index in [9.17, 15) is 0 Å². The van der Waals surface area contributed by atoms with Crippen LogP contribution in [0.15, 0.2) is 66.9 Å². The third-order valence-electron chi connectivity index (χ3n) is 3.93. The van der Waals surface area contributed by atoms with Gasteiger partial charge in [-0.1, -0.05) is 48.5 Å². The van der Waals surface area contributed by atoms with Gasteiger partial charge >= 0.3 is 0 Å². The molecule has 0 aliphatic rings. The van der Waals surface area contributed by atoms with Gasteiger partial charge in [-0.25, -0.2) is 0 Å². The van der Waals surface area contributed by atoms with E-state index in [0.29, 0.717) is 0 Å². The number of hydrogen-bond donors (Lipinski definition) is 0. The molecule has 0 saturated carbocycles. The predicted molar refractivity (Wildman–Crippen MR) is 93.3 cm³/mol. The number of halogens is 1. The summed E-state index contributed by atoms with van der Waals surface area (Å²) in [6.07, 6.45) is 1.78. The van der Waals surface area contributed by atoms with Crippen LogP contribution in [0, 0.1) is 13.8 Å². The summed E-state index contributed by atoms with van der Waals surface area (Å²) < 4.78 is 0. The molecule has 2 heteroatoms. The van der Waals surface area contributed by atoms with Gasteiger partial charge < -0.3 is 0 Å². The van der Waals surface area contributed by atoms with Crippen LogP contribution in [0.25, 0.3) is 11.1 Å². The minimum atomic E-state index is -0.253. The lowest BCUT2D eigenvalue weighted by molar-refractivity contribution is 1.04. The van der Waals surface area contributed by atoms with Crippen LogP contribution < -0.4 is 0 Å². The van der Waals surface area contributed by atoms with Crippen LogP contribution >= 0.6 is 11.6 Å². The lowest BCUT2D eigenvalue weighted by Crippen LogP contribution is -2.00. The number of nitrogens with zero attached hydrogens (tertiary/aromatic N) is 1. The zero-order valence-electron chi connectivity index (χ0n) is 12.8. The largest absolute Gasteiger partial charge is 0.259 e. The normalized spacial score (nSPS) is 12.1. The molecule has 110 valence electrons. The van der Waals surface area contributed by atoms with Crippen LogP contribution in [0.3, 0.4) is 0 Å². The fourth-order valence-corrected chi connectivity index (χ4v) is 3.19. The number of benzene rings is 2. The van der Waals surface area contributed by atoms with Crippen LogP contribution in [-0.4, -0.2) is 4.98 Å². The molecule has 0 saturated heterocycles. The molecule has 0 amide bonds. The molecule has 1 nitrogen and oxygen atoms in total. The zero-order valence-corrected chi connectivity index (χ0v) is 13.5. The molecular weight excluding hydrogens is 290 g/mol. The summed E-state index contributed by atoms with van der Waals surface area (Å²) >= 11 is 6.73. The lowest BCUT2D eigenvalue weighted by atomic mass is 9.90. The van der Waals surface area contributed by atoms with Crippen molar-refractivity contribution >= 4 is 11.6 Å². The Labute approximate surface area is 136 Å². The van der Waals surface area contributed by atoms with Crippen LogP contribution in [0.2, 0.25) is 0 Å². The Hall–Kier alpha value is -2.12. The molecule has 22 heavy (non-hydrogen) atoms. The smallest absolute Gasteiger partial charge is 0.101 e. The Morgan fingerprint density at radius 3 is 2.18 bits per heavy atom. The van der Waals surface area contributed by atoms with Gasteiger partial charge in [0, 0.05) is 6.20 Å². The van der Waals surface area contributed by atoms with Gasteiger partial charge in [0.15, 0.2) is 0 Å². The van der Waals surface area contributed by atoms with E-state index in [1.807, 2.05) is 24.3 Å². The number of hydrogen-bond acceptors (Lipinski definition) is 1. The van der Waals surface area contributed by atoms with Crippen molar-refractivity contribution in [3.63, 3.8) is 0 Å². The van der Waals surface area contributed by atoms with Gasteiger partial charge in [0.1, 0.15) is 5.38 Å². The van der Waals surface area contributed by atoms with E-state index < -0.39 is 0 Å². The first-order valence-corrected chi connectivity index (χ1v) is 7.82. The van der Waals surface area contributed by atoms with Crippen molar-refractivity contribution in [1.29, 1.82) is 0 Å². The lowest BCUT2D eigenvalue weighted by Gasteiger charge is -2.18. The van der Waals surface area contributed by atoms with Gasteiger partial charge in [-0.3, -0.25) is 4.98 Å². The summed E-state index contributed by atoms with van der Waals surface area (Å²) in [5.41, 5.74) is 6.95. The van der Waals surface area contributed by atoms with E-state index in [0.717, 1.165) is 11.3 Å². The summed E-state index contributed by atoms with van der Waals surface area (Å²) in [6, 6.07) is 20.6. The van der Waals surface area contributed by atoms with E-state index in [2.05, 4.69) is 55.2 Å². The molecule has 1 aromatic heterocycles.